The number of rotatable bonds is 6. The van der Waals surface area contributed by atoms with E-state index in [2.05, 4.69) is 16.8 Å². The number of nitrogens with zero attached hydrogens (tertiary/aromatic N) is 2. The van der Waals surface area contributed by atoms with Gasteiger partial charge in [0.05, 0.1) is 13.2 Å². The highest BCUT2D eigenvalue weighted by molar-refractivity contribution is 5.47. The van der Waals surface area contributed by atoms with E-state index >= 15 is 0 Å². The minimum Gasteiger partial charge on any atom is -0.475 e. The number of hydrogen-bond donors (Lipinski definition) is 0. The van der Waals surface area contributed by atoms with Gasteiger partial charge < -0.3 is 9.47 Å². The number of methoxy groups -OCH3 is 1. The van der Waals surface area contributed by atoms with Gasteiger partial charge in [-0.15, -0.1) is 0 Å². The first kappa shape index (κ1) is 15.0. The van der Waals surface area contributed by atoms with Crippen LogP contribution in [0, 0.1) is 6.57 Å². The van der Waals surface area contributed by atoms with Crippen molar-refractivity contribution in [3.8, 4) is 5.88 Å². The molecule has 108 valence electrons. The second kappa shape index (κ2) is 7.41. The molecule has 0 saturated heterocycles. The standard InChI is InChI=1S/C17H18N2O2/c1-13(14-4-7-16(18-2)8-5-14)15-6-9-17(19-12-15)21-11-10-20-3/h4-9,12-13H,10-11H2,1,3H3. The predicted octanol–water partition coefficient (Wildman–Crippen LogP) is 3.81. The maximum Gasteiger partial charge on any atom is 0.213 e. The highest BCUT2D eigenvalue weighted by atomic mass is 16.5. The Hall–Kier alpha value is -2.38. The molecule has 0 aliphatic carbocycles. The predicted molar refractivity (Wildman–Crippen MR) is 81.8 cm³/mol. The van der Waals surface area contributed by atoms with Crippen LogP contribution in [0.15, 0.2) is 42.6 Å². The minimum absolute atomic E-state index is 0.227. The van der Waals surface area contributed by atoms with Crippen LogP contribution in [-0.2, 0) is 4.74 Å². The minimum atomic E-state index is 0.227. The van der Waals surface area contributed by atoms with Gasteiger partial charge in [-0.3, -0.25) is 0 Å². The van der Waals surface area contributed by atoms with Crippen molar-refractivity contribution in [2.75, 3.05) is 20.3 Å². The molecule has 0 fully saturated rings. The summed E-state index contributed by atoms with van der Waals surface area (Å²) in [5.41, 5.74) is 2.94. The zero-order valence-electron chi connectivity index (χ0n) is 12.2. The summed E-state index contributed by atoms with van der Waals surface area (Å²) in [5.74, 6) is 0.830. The Balaban J connectivity index is 2.05. The lowest BCUT2D eigenvalue weighted by molar-refractivity contribution is 0.143. The molecule has 0 bridgehead atoms. The van der Waals surface area contributed by atoms with Crippen LogP contribution in [0.5, 0.6) is 5.88 Å². The molecule has 0 amide bonds. The summed E-state index contributed by atoms with van der Waals surface area (Å²) in [7, 11) is 1.64. The number of hydrogen-bond acceptors (Lipinski definition) is 3. The molecule has 1 unspecified atom stereocenters. The third-order valence-electron chi connectivity index (χ3n) is 3.32. The molecule has 2 aromatic rings. The third kappa shape index (κ3) is 4.04. The zero-order valence-corrected chi connectivity index (χ0v) is 12.2. The van der Waals surface area contributed by atoms with E-state index in [0.717, 1.165) is 11.1 Å². The van der Waals surface area contributed by atoms with E-state index in [4.69, 9.17) is 16.0 Å². The van der Waals surface area contributed by atoms with Crippen molar-refractivity contribution in [2.24, 2.45) is 0 Å². The summed E-state index contributed by atoms with van der Waals surface area (Å²) in [5, 5.41) is 0. The van der Waals surface area contributed by atoms with Crippen molar-refractivity contribution >= 4 is 5.69 Å². The van der Waals surface area contributed by atoms with Crippen molar-refractivity contribution < 1.29 is 9.47 Å². The van der Waals surface area contributed by atoms with Gasteiger partial charge in [0.15, 0.2) is 5.69 Å². The van der Waals surface area contributed by atoms with Crippen molar-refractivity contribution in [1.82, 2.24) is 4.98 Å². The first-order chi connectivity index (χ1) is 10.2. The van der Waals surface area contributed by atoms with Gasteiger partial charge >= 0.3 is 0 Å². The van der Waals surface area contributed by atoms with Crippen molar-refractivity contribution in [3.05, 3.63) is 65.1 Å². The molecule has 1 heterocycles. The molecule has 4 heteroatoms. The molecule has 0 N–H and O–H groups in total. The fourth-order valence-corrected chi connectivity index (χ4v) is 1.99. The van der Waals surface area contributed by atoms with Gasteiger partial charge in [-0.25, -0.2) is 9.83 Å². The average molecular weight is 282 g/mol. The van der Waals surface area contributed by atoms with Gasteiger partial charge in [0.25, 0.3) is 0 Å². The van der Waals surface area contributed by atoms with Gasteiger partial charge in [0.2, 0.25) is 5.88 Å². The van der Waals surface area contributed by atoms with E-state index in [1.54, 1.807) is 7.11 Å². The van der Waals surface area contributed by atoms with Gasteiger partial charge in [-0.1, -0.05) is 37.3 Å². The molecule has 1 atom stereocenters. The Morgan fingerprint density at radius 1 is 1.10 bits per heavy atom. The summed E-state index contributed by atoms with van der Waals surface area (Å²) in [4.78, 5) is 7.71. The van der Waals surface area contributed by atoms with Crippen LogP contribution in [-0.4, -0.2) is 25.3 Å². The lowest BCUT2D eigenvalue weighted by atomic mass is 9.94. The van der Waals surface area contributed by atoms with E-state index in [9.17, 15) is 0 Å². The Bertz CT molecular complexity index is 600. The SMILES string of the molecule is [C-]#[N+]c1ccc(C(C)c2ccc(OCCOC)nc2)cc1. The third-order valence-corrected chi connectivity index (χ3v) is 3.32. The quantitative estimate of drug-likeness (QED) is 0.597. The van der Waals surface area contributed by atoms with Crippen LogP contribution in [0.2, 0.25) is 0 Å². The Morgan fingerprint density at radius 2 is 1.81 bits per heavy atom. The summed E-state index contributed by atoms with van der Waals surface area (Å²) in [6.07, 6.45) is 1.83. The van der Waals surface area contributed by atoms with Crippen LogP contribution in [0.1, 0.15) is 24.0 Å². The molecular weight excluding hydrogens is 264 g/mol. The number of pyridine rings is 1. The lowest BCUT2D eigenvalue weighted by Crippen LogP contribution is -2.05. The molecule has 0 aliphatic rings. The smallest absolute Gasteiger partial charge is 0.213 e. The fourth-order valence-electron chi connectivity index (χ4n) is 1.99. The van der Waals surface area contributed by atoms with E-state index in [0.29, 0.717) is 24.8 Å². The second-order valence-electron chi connectivity index (χ2n) is 4.70. The monoisotopic (exact) mass is 282 g/mol. The number of ether oxygens (including phenoxy) is 2. The zero-order chi connectivity index (χ0) is 15.1. The van der Waals surface area contributed by atoms with E-state index in [1.807, 2.05) is 42.6 Å². The van der Waals surface area contributed by atoms with Crippen LogP contribution < -0.4 is 4.74 Å². The molecule has 0 aliphatic heterocycles. The van der Waals surface area contributed by atoms with Crippen molar-refractivity contribution in [1.29, 1.82) is 0 Å². The molecule has 0 spiro atoms. The summed E-state index contributed by atoms with van der Waals surface area (Å²) in [6.45, 7) is 10.1. The first-order valence-corrected chi connectivity index (χ1v) is 6.79. The molecule has 21 heavy (non-hydrogen) atoms. The van der Waals surface area contributed by atoms with Crippen LogP contribution in [0.25, 0.3) is 4.85 Å². The summed E-state index contributed by atoms with van der Waals surface area (Å²) >= 11 is 0. The summed E-state index contributed by atoms with van der Waals surface area (Å²) < 4.78 is 10.4. The van der Waals surface area contributed by atoms with E-state index < -0.39 is 0 Å². The molecule has 0 radical (unpaired) electrons. The van der Waals surface area contributed by atoms with Crippen LogP contribution >= 0.6 is 0 Å². The fraction of sp³-hybridized carbons (Fsp3) is 0.294. The molecule has 4 nitrogen and oxygen atoms in total. The van der Waals surface area contributed by atoms with Crippen molar-refractivity contribution in [3.63, 3.8) is 0 Å². The van der Waals surface area contributed by atoms with Crippen molar-refractivity contribution in [2.45, 2.75) is 12.8 Å². The van der Waals surface area contributed by atoms with Gasteiger partial charge in [0, 0.05) is 25.3 Å². The second-order valence-corrected chi connectivity index (χ2v) is 4.70. The van der Waals surface area contributed by atoms with Gasteiger partial charge in [-0.2, -0.15) is 0 Å². The maximum atomic E-state index is 6.97. The molecule has 0 saturated carbocycles. The Kier molecular flexibility index (Phi) is 5.30. The van der Waals surface area contributed by atoms with E-state index in [1.165, 1.54) is 0 Å². The topological polar surface area (TPSA) is 35.7 Å². The van der Waals surface area contributed by atoms with Crippen LogP contribution in [0.4, 0.5) is 5.69 Å². The largest absolute Gasteiger partial charge is 0.475 e. The molecule has 1 aromatic heterocycles. The molecule has 1 aromatic carbocycles. The highest BCUT2D eigenvalue weighted by Gasteiger charge is 2.09. The van der Waals surface area contributed by atoms with E-state index in [-0.39, 0.29) is 5.92 Å². The Labute approximate surface area is 125 Å². The molecule has 2 rings (SSSR count). The average Bonchev–Trinajstić information content (AvgIpc) is 2.55. The lowest BCUT2D eigenvalue weighted by Gasteiger charge is -2.13. The van der Waals surface area contributed by atoms with Gasteiger partial charge in [-0.05, 0) is 11.1 Å². The number of benzene rings is 1. The van der Waals surface area contributed by atoms with Crippen LogP contribution in [0.3, 0.4) is 0 Å². The molecular formula is C17H18N2O2. The highest BCUT2D eigenvalue weighted by Crippen LogP contribution is 2.26. The maximum absolute atomic E-state index is 6.97. The number of aromatic nitrogens is 1. The first-order valence-electron chi connectivity index (χ1n) is 6.79. The normalized spacial score (nSPS) is 11.7. The van der Waals surface area contributed by atoms with Gasteiger partial charge in [0.1, 0.15) is 6.61 Å². The summed E-state index contributed by atoms with van der Waals surface area (Å²) in [6, 6.07) is 11.5. The Morgan fingerprint density at radius 3 is 2.38 bits per heavy atom.